The van der Waals surface area contributed by atoms with Gasteiger partial charge in [-0.05, 0) is 67.4 Å². The summed E-state index contributed by atoms with van der Waals surface area (Å²) in [6.45, 7) is 15.3. The van der Waals surface area contributed by atoms with Crippen molar-refractivity contribution in [1.82, 2.24) is 9.97 Å². The van der Waals surface area contributed by atoms with Gasteiger partial charge in [0.1, 0.15) is 28.8 Å². The molecule has 5 rings (SSSR count). The number of aryl methyl sites for hydroxylation is 1. The van der Waals surface area contributed by atoms with Crippen molar-refractivity contribution < 1.29 is 23.1 Å². The Morgan fingerprint density at radius 3 is 2.65 bits per heavy atom. The maximum atomic E-state index is 14.0. The van der Waals surface area contributed by atoms with Crippen molar-refractivity contribution >= 4 is 47.6 Å². The summed E-state index contributed by atoms with van der Waals surface area (Å²) in [5.74, 6) is 1.46. The first-order chi connectivity index (χ1) is 21.9. The Balaban J connectivity index is 1.64. The lowest BCUT2D eigenvalue weighted by Gasteiger charge is -2.39. The summed E-state index contributed by atoms with van der Waals surface area (Å²) >= 11 is 1.41. The van der Waals surface area contributed by atoms with Gasteiger partial charge in [-0.3, -0.25) is 0 Å². The van der Waals surface area contributed by atoms with Crippen LogP contribution >= 0.6 is 11.8 Å². The van der Waals surface area contributed by atoms with E-state index in [2.05, 4.69) is 44.8 Å². The van der Waals surface area contributed by atoms with Crippen molar-refractivity contribution in [3.8, 4) is 23.1 Å². The lowest BCUT2D eigenvalue weighted by atomic mass is 9.95. The van der Waals surface area contributed by atoms with E-state index < -0.39 is 13.9 Å². The first-order valence-corrected chi connectivity index (χ1v) is 19.5. The predicted molar refractivity (Wildman–Crippen MR) is 184 cm³/mol. The van der Waals surface area contributed by atoms with Crippen molar-refractivity contribution in [3.05, 3.63) is 51.9 Å². The van der Waals surface area contributed by atoms with Gasteiger partial charge in [0.25, 0.3) is 0 Å². The van der Waals surface area contributed by atoms with Crippen LogP contribution in [0.4, 0.5) is 5.82 Å². The Morgan fingerprint density at radius 2 is 1.96 bits per heavy atom. The Hall–Kier alpha value is -3.47. The molecule has 1 aliphatic rings. The SMILES string of the molecule is COCOc1ccc2c(C#N)c(-c3oc(=O)c4c(N5CCOCCC5CO[Si](C)(C)C(C)(C)C)nc(SC)nc4c3C)ccc2c1. The smallest absolute Gasteiger partial charge is 0.349 e. The zero-order valence-electron chi connectivity index (χ0n) is 27.9. The molecule has 4 aromatic rings. The molecule has 46 heavy (non-hydrogen) atoms. The van der Waals surface area contributed by atoms with Gasteiger partial charge in [0.05, 0.1) is 30.3 Å². The molecule has 0 radical (unpaired) electrons. The van der Waals surface area contributed by atoms with Gasteiger partial charge in [0, 0.05) is 36.8 Å². The van der Waals surface area contributed by atoms with Crippen molar-refractivity contribution in [2.75, 3.05) is 51.4 Å². The number of thioether (sulfide) groups is 1. The van der Waals surface area contributed by atoms with Crippen LogP contribution < -0.4 is 15.3 Å². The lowest BCUT2D eigenvalue weighted by molar-refractivity contribution is 0.0512. The van der Waals surface area contributed by atoms with Crippen molar-refractivity contribution in [2.45, 2.75) is 63.4 Å². The number of fused-ring (bicyclic) bond motifs is 2. The molecule has 0 spiro atoms. The summed E-state index contributed by atoms with van der Waals surface area (Å²) in [6, 6.07) is 11.4. The molecule has 0 bridgehead atoms. The number of nitrogens with zero attached hydrogens (tertiary/aromatic N) is 4. The van der Waals surface area contributed by atoms with Gasteiger partial charge in [0.2, 0.25) is 0 Å². The summed E-state index contributed by atoms with van der Waals surface area (Å²) in [6.07, 6.45) is 2.65. The fourth-order valence-corrected chi connectivity index (χ4v) is 6.80. The maximum absolute atomic E-state index is 14.0. The molecule has 1 fully saturated rings. The van der Waals surface area contributed by atoms with Crippen LogP contribution in [-0.2, 0) is 13.9 Å². The van der Waals surface area contributed by atoms with Crippen molar-refractivity contribution in [2.24, 2.45) is 0 Å². The molecule has 0 amide bonds. The van der Waals surface area contributed by atoms with Crippen molar-refractivity contribution in [3.63, 3.8) is 0 Å². The van der Waals surface area contributed by atoms with Crippen LogP contribution in [0.25, 0.3) is 33.0 Å². The monoisotopic (exact) mass is 662 g/mol. The Kier molecular flexibility index (Phi) is 10.1. The number of ether oxygens (including phenoxy) is 3. The summed E-state index contributed by atoms with van der Waals surface area (Å²) in [4.78, 5) is 25.8. The third-order valence-corrected chi connectivity index (χ3v) is 14.1. The molecule has 244 valence electrons. The van der Waals surface area contributed by atoms with Gasteiger partial charge in [-0.1, -0.05) is 38.6 Å². The minimum Gasteiger partial charge on any atom is -0.468 e. The summed E-state index contributed by atoms with van der Waals surface area (Å²) in [5.41, 5.74) is 1.52. The second-order valence-corrected chi connectivity index (χ2v) is 18.5. The van der Waals surface area contributed by atoms with E-state index in [9.17, 15) is 10.1 Å². The molecule has 1 unspecified atom stereocenters. The molecule has 3 heterocycles. The van der Waals surface area contributed by atoms with Crippen LogP contribution in [0.5, 0.6) is 5.75 Å². The zero-order valence-corrected chi connectivity index (χ0v) is 29.7. The number of benzene rings is 2. The lowest BCUT2D eigenvalue weighted by Crippen LogP contribution is -2.47. The number of methoxy groups -OCH3 is 1. The van der Waals surface area contributed by atoms with Crippen molar-refractivity contribution in [1.29, 1.82) is 5.26 Å². The zero-order chi connectivity index (χ0) is 33.2. The standard InChI is InChI=1S/C34H42N4O6SSi/c1-21-29-28(32(39)44-30(21)26-11-9-22-17-24(42-20-40-5)10-12-25(22)27(26)18-35)31(37-33(36-29)45-6)38-14-16-41-15-13-23(38)19-43-46(7,8)34(2,3)4/h9-12,17,23H,13-16,19-20H2,1-8H3. The molecule has 0 saturated carbocycles. The number of hydrogen-bond donors (Lipinski definition) is 0. The third-order valence-electron chi connectivity index (χ3n) is 9.07. The first kappa shape index (κ1) is 33.9. The van der Waals surface area contributed by atoms with E-state index in [-0.39, 0.29) is 17.9 Å². The Labute approximate surface area is 275 Å². The third kappa shape index (κ3) is 6.66. The fourth-order valence-electron chi connectivity index (χ4n) is 5.40. The molecule has 12 heteroatoms. The molecule has 1 aliphatic heterocycles. The normalized spacial score (nSPS) is 16.1. The summed E-state index contributed by atoms with van der Waals surface area (Å²) < 4.78 is 29.2. The maximum Gasteiger partial charge on any atom is 0.349 e. The average molecular weight is 663 g/mol. The van der Waals surface area contributed by atoms with E-state index in [1.165, 1.54) is 11.8 Å². The molecular formula is C34H42N4O6SSi. The molecule has 1 atom stereocenters. The van der Waals surface area contributed by atoms with E-state index in [0.717, 1.165) is 11.8 Å². The van der Waals surface area contributed by atoms with Crippen LogP contribution in [0.1, 0.15) is 38.3 Å². The van der Waals surface area contributed by atoms with Gasteiger partial charge in [0.15, 0.2) is 20.3 Å². The van der Waals surface area contributed by atoms with Gasteiger partial charge >= 0.3 is 5.63 Å². The molecule has 2 aromatic carbocycles. The van der Waals surface area contributed by atoms with E-state index >= 15 is 0 Å². The van der Waals surface area contributed by atoms with E-state index in [4.69, 9.17) is 33.0 Å². The van der Waals surface area contributed by atoms with Gasteiger partial charge in [-0.2, -0.15) is 5.26 Å². The van der Waals surface area contributed by atoms with E-state index in [1.807, 2.05) is 31.4 Å². The number of anilines is 1. The van der Waals surface area contributed by atoms with Crippen LogP contribution in [0.3, 0.4) is 0 Å². The molecule has 10 nitrogen and oxygen atoms in total. The minimum atomic E-state index is -2.03. The van der Waals surface area contributed by atoms with Gasteiger partial charge < -0.3 is 28.0 Å². The molecule has 0 aliphatic carbocycles. The average Bonchev–Trinajstić information content (AvgIpc) is 3.28. The summed E-state index contributed by atoms with van der Waals surface area (Å²) in [5, 5.41) is 12.7. The summed E-state index contributed by atoms with van der Waals surface area (Å²) in [7, 11) is -0.476. The largest absolute Gasteiger partial charge is 0.468 e. The van der Waals surface area contributed by atoms with E-state index in [1.54, 1.807) is 19.2 Å². The number of rotatable bonds is 9. The van der Waals surface area contributed by atoms with Crippen LogP contribution in [0.2, 0.25) is 18.1 Å². The van der Waals surface area contributed by atoms with E-state index in [0.29, 0.717) is 81.8 Å². The Bertz CT molecular complexity index is 1850. The highest BCUT2D eigenvalue weighted by molar-refractivity contribution is 7.98. The highest BCUT2D eigenvalue weighted by atomic mass is 32.2. The van der Waals surface area contributed by atoms with Crippen LogP contribution in [-0.4, -0.2) is 70.9 Å². The topological polar surface area (TPSA) is 120 Å². The van der Waals surface area contributed by atoms with Crippen LogP contribution in [0.15, 0.2) is 44.7 Å². The first-order valence-electron chi connectivity index (χ1n) is 15.4. The molecule has 2 aromatic heterocycles. The van der Waals surface area contributed by atoms with Gasteiger partial charge in [-0.15, -0.1) is 0 Å². The van der Waals surface area contributed by atoms with Crippen LogP contribution in [0, 0.1) is 18.3 Å². The Morgan fingerprint density at radius 1 is 1.17 bits per heavy atom. The minimum absolute atomic E-state index is 0.0488. The quantitative estimate of drug-likeness (QED) is 0.0805. The highest BCUT2D eigenvalue weighted by Crippen LogP contribution is 2.39. The second kappa shape index (κ2) is 13.7. The molecule has 1 saturated heterocycles. The highest BCUT2D eigenvalue weighted by Gasteiger charge is 2.39. The molecule has 0 N–H and O–H groups in total. The van der Waals surface area contributed by atoms with Gasteiger partial charge in [-0.25, -0.2) is 14.8 Å². The fraction of sp³-hybridized carbons (Fsp3) is 0.471. The molecular weight excluding hydrogens is 621 g/mol. The number of nitriles is 1. The second-order valence-electron chi connectivity index (χ2n) is 13.0. The number of hydrogen-bond acceptors (Lipinski definition) is 11. The number of aromatic nitrogens is 2. The predicted octanol–water partition coefficient (Wildman–Crippen LogP) is 6.91.